The van der Waals surface area contributed by atoms with Crippen LogP contribution in [0.25, 0.3) is 0 Å². The first-order valence-corrected chi connectivity index (χ1v) is 8.99. The van der Waals surface area contributed by atoms with E-state index in [1.54, 1.807) is 0 Å². The number of hydrogen-bond acceptors (Lipinski definition) is 3. The SMILES string of the molecule is CCn1c(C)cc(C(=O)N2CCCC(N3CCNCC3=O)C2)c1C. The van der Waals surface area contributed by atoms with Gasteiger partial charge in [0.05, 0.1) is 12.1 Å². The van der Waals surface area contributed by atoms with Crippen molar-refractivity contribution >= 4 is 11.8 Å². The van der Waals surface area contributed by atoms with Crippen molar-refractivity contribution in [1.82, 2.24) is 19.7 Å². The van der Waals surface area contributed by atoms with Crippen molar-refractivity contribution in [2.45, 2.75) is 46.2 Å². The van der Waals surface area contributed by atoms with Crippen LogP contribution in [0.1, 0.15) is 41.5 Å². The Morgan fingerprint density at radius 1 is 1.33 bits per heavy atom. The molecule has 1 N–H and O–H groups in total. The molecule has 1 aromatic heterocycles. The van der Waals surface area contributed by atoms with E-state index in [4.69, 9.17) is 0 Å². The average molecular weight is 332 g/mol. The Labute approximate surface area is 143 Å². The molecule has 1 unspecified atom stereocenters. The Morgan fingerprint density at radius 2 is 2.12 bits per heavy atom. The maximum absolute atomic E-state index is 13.0. The third-order valence-corrected chi connectivity index (χ3v) is 5.37. The first kappa shape index (κ1) is 17.0. The summed E-state index contributed by atoms with van der Waals surface area (Å²) in [6.07, 6.45) is 1.95. The lowest BCUT2D eigenvalue weighted by molar-refractivity contribution is -0.135. The molecule has 3 rings (SSSR count). The van der Waals surface area contributed by atoms with Gasteiger partial charge in [0.25, 0.3) is 5.91 Å². The maximum atomic E-state index is 13.0. The smallest absolute Gasteiger partial charge is 0.255 e. The maximum Gasteiger partial charge on any atom is 0.255 e. The number of hydrogen-bond donors (Lipinski definition) is 1. The third-order valence-electron chi connectivity index (χ3n) is 5.37. The lowest BCUT2D eigenvalue weighted by Crippen LogP contribution is -2.57. The van der Waals surface area contributed by atoms with E-state index in [0.29, 0.717) is 13.1 Å². The van der Waals surface area contributed by atoms with E-state index in [2.05, 4.69) is 16.8 Å². The molecular formula is C18H28N4O2. The van der Waals surface area contributed by atoms with Crippen LogP contribution in [0.3, 0.4) is 0 Å². The fraction of sp³-hybridized carbons (Fsp3) is 0.667. The second-order valence-electron chi connectivity index (χ2n) is 6.84. The van der Waals surface area contributed by atoms with Crippen LogP contribution in [0, 0.1) is 13.8 Å². The number of piperazine rings is 1. The normalized spacial score (nSPS) is 22.1. The molecule has 2 aliphatic heterocycles. The molecule has 2 fully saturated rings. The second-order valence-corrected chi connectivity index (χ2v) is 6.84. The summed E-state index contributed by atoms with van der Waals surface area (Å²) in [4.78, 5) is 29.0. The van der Waals surface area contributed by atoms with Crippen LogP contribution in [0.15, 0.2) is 6.07 Å². The monoisotopic (exact) mass is 332 g/mol. The number of piperidine rings is 1. The quantitative estimate of drug-likeness (QED) is 0.904. The van der Waals surface area contributed by atoms with E-state index in [1.807, 2.05) is 29.7 Å². The van der Waals surface area contributed by atoms with E-state index < -0.39 is 0 Å². The van der Waals surface area contributed by atoms with Crippen molar-refractivity contribution in [1.29, 1.82) is 0 Å². The molecular weight excluding hydrogens is 304 g/mol. The summed E-state index contributed by atoms with van der Waals surface area (Å²) in [5.74, 6) is 0.264. The Balaban J connectivity index is 1.74. The fourth-order valence-electron chi connectivity index (χ4n) is 4.08. The Hall–Kier alpha value is -1.82. The number of carbonyl (C=O) groups is 2. The molecule has 2 aliphatic rings. The summed E-state index contributed by atoms with van der Waals surface area (Å²) >= 11 is 0. The number of carbonyl (C=O) groups excluding carboxylic acids is 2. The number of aromatic nitrogens is 1. The summed E-state index contributed by atoms with van der Waals surface area (Å²) in [6, 6.07) is 2.16. The number of nitrogens with zero attached hydrogens (tertiary/aromatic N) is 3. The van der Waals surface area contributed by atoms with Crippen molar-refractivity contribution in [2.75, 3.05) is 32.7 Å². The summed E-state index contributed by atoms with van der Waals surface area (Å²) in [7, 11) is 0. The van der Waals surface area contributed by atoms with Gasteiger partial charge in [0.2, 0.25) is 5.91 Å². The summed E-state index contributed by atoms with van der Waals surface area (Å²) < 4.78 is 2.18. The lowest BCUT2D eigenvalue weighted by Gasteiger charge is -2.41. The van der Waals surface area contributed by atoms with Crippen molar-refractivity contribution in [3.8, 4) is 0 Å². The number of amides is 2. The van der Waals surface area contributed by atoms with Crippen LogP contribution in [0.4, 0.5) is 0 Å². The summed E-state index contributed by atoms with van der Waals surface area (Å²) in [5, 5.41) is 3.11. The zero-order valence-corrected chi connectivity index (χ0v) is 15.0. The molecule has 132 valence electrons. The molecule has 0 aromatic carbocycles. The van der Waals surface area contributed by atoms with Gasteiger partial charge in [-0.05, 0) is 39.7 Å². The van der Waals surface area contributed by atoms with Crippen LogP contribution < -0.4 is 5.32 Å². The minimum Gasteiger partial charge on any atom is -0.349 e. The van der Waals surface area contributed by atoms with Crippen molar-refractivity contribution in [2.24, 2.45) is 0 Å². The van der Waals surface area contributed by atoms with Crippen LogP contribution in [0.2, 0.25) is 0 Å². The molecule has 0 radical (unpaired) electrons. The van der Waals surface area contributed by atoms with Gasteiger partial charge in [0, 0.05) is 50.2 Å². The molecule has 0 bridgehead atoms. The molecule has 1 atom stereocenters. The minimum atomic E-state index is 0.107. The van der Waals surface area contributed by atoms with E-state index in [-0.39, 0.29) is 17.9 Å². The van der Waals surface area contributed by atoms with Gasteiger partial charge >= 0.3 is 0 Å². The third kappa shape index (κ3) is 3.07. The Kier molecular flexibility index (Phi) is 4.94. The molecule has 0 aliphatic carbocycles. The highest BCUT2D eigenvalue weighted by molar-refractivity contribution is 5.96. The topological polar surface area (TPSA) is 57.6 Å². The van der Waals surface area contributed by atoms with Crippen LogP contribution in [0.5, 0.6) is 0 Å². The summed E-state index contributed by atoms with van der Waals surface area (Å²) in [6.45, 7) is 10.5. The highest BCUT2D eigenvalue weighted by Gasteiger charge is 2.32. The number of rotatable bonds is 3. The van der Waals surface area contributed by atoms with Gasteiger partial charge in [-0.1, -0.05) is 0 Å². The zero-order chi connectivity index (χ0) is 17.3. The molecule has 0 spiro atoms. The molecule has 0 saturated carbocycles. The van der Waals surface area contributed by atoms with Crippen LogP contribution >= 0.6 is 0 Å². The predicted molar refractivity (Wildman–Crippen MR) is 93.1 cm³/mol. The first-order valence-electron chi connectivity index (χ1n) is 8.99. The molecule has 24 heavy (non-hydrogen) atoms. The highest BCUT2D eigenvalue weighted by atomic mass is 16.2. The molecule has 2 saturated heterocycles. The van der Waals surface area contributed by atoms with Gasteiger partial charge in [0.15, 0.2) is 0 Å². The van der Waals surface area contributed by atoms with E-state index in [1.165, 1.54) is 0 Å². The van der Waals surface area contributed by atoms with E-state index in [0.717, 1.165) is 56.0 Å². The predicted octanol–water partition coefficient (Wildman–Crippen LogP) is 1.16. The second kappa shape index (κ2) is 6.97. The van der Waals surface area contributed by atoms with Gasteiger partial charge in [-0.25, -0.2) is 0 Å². The number of nitrogens with one attached hydrogen (secondary N) is 1. The highest BCUT2D eigenvalue weighted by Crippen LogP contribution is 2.22. The summed E-state index contributed by atoms with van der Waals surface area (Å²) in [5.41, 5.74) is 2.98. The van der Waals surface area contributed by atoms with Gasteiger partial charge in [-0.2, -0.15) is 0 Å². The molecule has 6 nitrogen and oxygen atoms in total. The first-order chi connectivity index (χ1) is 11.5. The van der Waals surface area contributed by atoms with Crippen LogP contribution in [-0.2, 0) is 11.3 Å². The van der Waals surface area contributed by atoms with Crippen molar-refractivity contribution < 1.29 is 9.59 Å². The zero-order valence-electron chi connectivity index (χ0n) is 15.0. The Morgan fingerprint density at radius 3 is 2.79 bits per heavy atom. The average Bonchev–Trinajstić information content (AvgIpc) is 2.88. The fourth-order valence-corrected chi connectivity index (χ4v) is 4.08. The van der Waals surface area contributed by atoms with E-state index >= 15 is 0 Å². The Bertz CT molecular complexity index is 637. The van der Waals surface area contributed by atoms with E-state index in [9.17, 15) is 9.59 Å². The lowest BCUT2D eigenvalue weighted by atomic mass is 10.0. The van der Waals surface area contributed by atoms with Gasteiger partial charge < -0.3 is 19.7 Å². The minimum absolute atomic E-state index is 0.107. The van der Waals surface area contributed by atoms with Gasteiger partial charge in [-0.3, -0.25) is 9.59 Å². The number of likely N-dealkylation sites (tertiary alicyclic amines) is 1. The molecule has 1 aromatic rings. The standard InChI is InChI=1S/C18H28N4O2/c1-4-21-13(2)10-16(14(21)3)18(24)20-8-5-6-15(12-20)22-9-7-19-11-17(22)23/h10,15,19H,4-9,11-12H2,1-3H3. The number of aryl methyl sites for hydroxylation is 1. The molecule has 2 amide bonds. The van der Waals surface area contributed by atoms with Crippen molar-refractivity contribution in [3.63, 3.8) is 0 Å². The van der Waals surface area contributed by atoms with Gasteiger partial charge in [0.1, 0.15) is 0 Å². The van der Waals surface area contributed by atoms with Gasteiger partial charge in [-0.15, -0.1) is 0 Å². The molecule has 6 heteroatoms. The largest absolute Gasteiger partial charge is 0.349 e. The molecule has 3 heterocycles. The van der Waals surface area contributed by atoms with Crippen molar-refractivity contribution in [3.05, 3.63) is 23.0 Å². The van der Waals surface area contributed by atoms with Crippen LogP contribution in [-0.4, -0.2) is 64.9 Å².